The molecule has 3 rings (SSSR count). The number of carbonyl (C=O) groups is 2. The van der Waals surface area contributed by atoms with E-state index in [1.54, 1.807) is 11.0 Å². The number of hydrogen-bond donors (Lipinski definition) is 1. The van der Waals surface area contributed by atoms with Crippen molar-refractivity contribution in [2.45, 2.75) is 6.92 Å². The monoisotopic (exact) mass is 386 g/mol. The number of anilines is 1. The van der Waals surface area contributed by atoms with Crippen LogP contribution in [-0.4, -0.2) is 42.9 Å². The van der Waals surface area contributed by atoms with Gasteiger partial charge in [0.05, 0.1) is 5.69 Å². The Morgan fingerprint density at radius 3 is 2.58 bits per heavy atom. The maximum atomic E-state index is 12.9. The van der Waals surface area contributed by atoms with E-state index in [0.29, 0.717) is 36.8 Å². The van der Waals surface area contributed by atoms with Crippen LogP contribution in [0, 0.1) is 11.3 Å². The third-order valence-electron chi connectivity index (χ3n) is 4.02. The fraction of sp³-hybridized carbons (Fsp3) is 0.278. The second-order valence-electron chi connectivity index (χ2n) is 5.78. The molecule has 134 valence electrons. The Labute approximate surface area is 160 Å². The molecular formula is C18H18N4O2S2. The van der Waals surface area contributed by atoms with Gasteiger partial charge in [-0.25, -0.2) is 0 Å². The number of nitriles is 1. The fourth-order valence-electron chi connectivity index (χ4n) is 2.81. The van der Waals surface area contributed by atoms with E-state index in [1.165, 1.54) is 29.6 Å². The molecule has 0 spiro atoms. The zero-order chi connectivity index (χ0) is 18.5. The first-order chi connectivity index (χ1) is 12.6. The Morgan fingerprint density at radius 2 is 1.96 bits per heavy atom. The van der Waals surface area contributed by atoms with E-state index in [-0.39, 0.29) is 11.8 Å². The van der Waals surface area contributed by atoms with Crippen LogP contribution >= 0.6 is 22.7 Å². The van der Waals surface area contributed by atoms with E-state index < -0.39 is 0 Å². The highest BCUT2D eigenvalue weighted by Crippen LogP contribution is 2.26. The van der Waals surface area contributed by atoms with Crippen molar-refractivity contribution in [1.82, 2.24) is 10.2 Å². The summed E-state index contributed by atoms with van der Waals surface area (Å²) >= 11 is 2.93. The average molecular weight is 387 g/mol. The lowest BCUT2D eigenvalue weighted by atomic mass is 10.2. The molecule has 1 fully saturated rings. The quantitative estimate of drug-likeness (QED) is 0.819. The van der Waals surface area contributed by atoms with Crippen molar-refractivity contribution in [2.75, 3.05) is 31.1 Å². The highest BCUT2D eigenvalue weighted by Gasteiger charge is 2.25. The minimum absolute atomic E-state index is 0.181. The number of carbonyl (C=O) groups excluding carboxylic acids is 2. The SMILES string of the molecule is CC(=O)N/C(=C\c1cccs1)C(=O)N1CCN(c2ccsc2C#N)CC1. The van der Waals surface area contributed by atoms with Gasteiger partial charge in [-0.15, -0.1) is 22.7 Å². The molecule has 1 N–H and O–H groups in total. The molecule has 1 saturated heterocycles. The zero-order valence-electron chi connectivity index (χ0n) is 14.3. The number of piperazine rings is 1. The van der Waals surface area contributed by atoms with E-state index in [4.69, 9.17) is 0 Å². The standard InChI is InChI=1S/C18H18N4O2S2/c1-13(23)20-15(11-14-3-2-9-25-14)18(24)22-7-5-21(6-8-22)16-4-10-26-17(16)12-19/h2-4,9-11H,5-8H2,1H3,(H,20,23)/b15-11-. The van der Waals surface area contributed by atoms with Crippen molar-refractivity contribution in [3.05, 3.63) is 44.4 Å². The molecule has 0 unspecified atom stereocenters. The largest absolute Gasteiger partial charge is 0.366 e. The van der Waals surface area contributed by atoms with Crippen molar-refractivity contribution < 1.29 is 9.59 Å². The molecule has 8 heteroatoms. The summed E-state index contributed by atoms with van der Waals surface area (Å²) < 4.78 is 0. The van der Waals surface area contributed by atoms with E-state index in [2.05, 4.69) is 16.3 Å². The fourth-order valence-corrected chi connectivity index (χ4v) is 4.17. The van der Waals surface area contributed by atoms with Crippen molar-refractivity contribution >= 4 is 46.3 Å². The van der Waals surface area contributed by atoms with Crippen molar-refractivity contribution in [3.63, 3.8) is 0 Å². The summed E-state index contributed by atoms with van der Waals surface area (Å²) in [6, 6.07) is 7.96. The predicted octanol–water partition coefficient (Wildman–Crippen LogP) is 2.51. The molecule has 3 heterocycles. The molecule has 0 saturated carbocycles. The molecule has 1 aliphatic rings. The smallest absolute Gasteiger partial charge is 0.270 e. The Balaban J connectivity index is 1.70. The van der Waals surface area contributed by atoms with Crippen LogP contribution in [0.3, 0.4) is 0 Å². The molecule has 0 aliphatic carbocycles. The predicted molar refractivity (Wildman–Crippen MR) is 104 cm³/mol. The summed E-state index contributed by atoms with van der Waals surface area (Å²) in [5, 5.41) is 15.7. The maximum absolute atomic E-state index is 12.9. The van der Waals surface area contributed by atoms with Crippen molar-refractivity contribution in [2.24, 2.45) is 0 Å². The highest BCUT2D eigenvalue weighted by atomic mass is 32.1. The number of thiophene rings is 2. The van der Waals surface area contributed by atoms with Crippen LogP contribution in [0.2, 0.25) is 0 Å². The second kappa shape index (κ2) is 8.17. The lowest BCUT2D eigenvalue weighted by Gasteiger charge is -2.36. The van der Waals surface area contributed by atoms with Gasteiger partial charge < -0.3 is 15.1 Å². The third-order valence-corrected chi connectivity index (χ3v) is 5.65. The molecule has 2 aromatic rings. The Hall–Kier alpha value is -2.63. The number of rotatable bonds is 4. The molecule has 0 bridgehead atoms. The van der Waals surface area contributed by atoms with Crippen LogP contribution in [0.4, 0.5) is 5.69 Å². The van der Waals surface area contributed by atoms with Gasteiger partial charge >= 0.3 is 0 Å². The van der Waals surface area contributed by atoms with Gasteiger partial charge in [0.15, 0.2) is 0 Å². The van der Waals surface area contributed by atoms with Gasteiger partial charge in [0, 0.05) is 38.0 Å². The first kappa shape index (κ1) is 18.2. The zero-order valence-corrected chi connectivity index (χ0v) is 15.9. The van der Waals surface area contributed by atoms with Crippen LogP contribution in [0.1, 0.15) is 16.7 Å². The van der Waals surface area contributed by atoms with Crippen LogP contribution in [-0.2, 0) is 9.59 Å². The normalized spacial score (nSPS) is 14.8. The Morgan fingerprint density at radius 1 is 1.19 bits per heavy atom. The first-order valence-electron chi connectivity index (χ1n) is 8.13. The number of amides is 2. The summed E-state index contributed by atoms with van der Waals surface area (Å²) in [5.41, 5.74) is 1.22. The van der Waals surface area contributed by atoms with Gasteiger partial charge in [0.1, 0.15) is 16.6 Å². The third kappa shape index (κ3) is 4.12. The molecule has 0 aromatic carbocycles. The molecular weight excluding hydrogens is 368 g/mol. The van der Waals surface area contributed by atoms with Crippen LogP contribution in [0.15, 0.2) is 34.7 Å². The van der Waals surface area contributed by atoms with E-state index in [1.807, 2.05) is 29.0 Å². The number of hydrogen-bond acceptors (Lipinski definition) is 6. The summed E-state index contributed by atoms with van der Waals surface area (Å²) in [7, 11) is 0. The summed E-state index contributed by atoms with van der Waals surface area (Å²) in [6.45, 7) is 3.79. The topological polar surface area (TPSA) is 76.4 Å². The Bertz CT molecular complexity index is 856. The van der Waals surface area contributed by atoms with Crippen LogP contribution in [0.5, 0.6) is 0 Å². The second-order valence-corrected chi connectivity index (χ2v) is 7.68. The minimum Gasteiger partial charge on any atom is -0.366 e. The number of nitrogens with one attached hydrogen (secondary N) is 1. The van der Waals surface area contributed by atoms with Crippen LogP contribution < -0.4 is 10.2 Å². The summed E-state index contributed by atoms with van der Waals surface area (Å²) in [4.78, 5) is 29.8. The van der Waals surface area contributed by atoms with E-state index in [9.17, 15) is 14.9 Å². The lowest BCUT2D eigenvalue weighted by molar-refractivity contribution is -0.129. The molecule has 0 atom stereocenters. The molecule has 26 heavy (non-hydrogen) atoms. The molecule has 0 radical (unpaired) electrons. The van der Waals surface area contributed by atoms with Gasteiger partial charge in [-0.05, 0) is 29.0 Å². The maximum Gasteiger partial charge on any atom is 0.270 e. The summed E-state index contributed by atoms with van der Waals surface area (Å²) in [6.07, 6.45) is 1.72. The number of nitrogens with zero attached hydrogens (tertiary/aromatic N) is 3. The summed E-state index contributed by atoms with van der Waals surface area (Å²) in [5.74, 6) is -0.448. The molecule has 2 aromatic heterocycles. The van der Waals surface area contributed by atoms with Gasteiger partial charge in [0.25, 0.3) is 5.91 Å². The minimum atomic E-state index is -0.267. The average Bonchev–Trinajstić information content (AvgIpc) is 3.31. The first-order valence-corrected chi connectivity index (χ1v) is 9.89. The van der Waals surface area contributed by atoms with Gasteiger partial charge in [0.2, 0.25) is 5.91 Å². The van der Waals surface area contributed by atoms with E-state index >= 15 is 0 Å². The van der Waals surface area contributed by atoms with Crippen LogP contribution in [0.25, 0.3) is 6.08 Å². The van der Waals surface area contributed by atoms with Gasteiger partial charge in [-0.2, -0.15) is 5.26 Å². The van der Waals surface area contributed by atoms with Gasteiger partial charge in [-0.3, -0.25) is 9.59 Å². The van der Waals surface area contributed by atoms with Crippen molar-refractivity contribution in [3.8, 4) is 6.07 Å². The van der Waals surface area contributed by atoms with Gasteiger partial charge in [-0.1, -0.05) is 6.07 Å². The molecule has 1 aliphatic heterocycles. The highest BCUT2D eigenvalue weighted by molar-refractivity contribution is 7.11. The Kier molecular flexibility index (Phi) is 5.71. The van der Waals surface area contributed by atoms with Crippen molar-refractivity contribution in [1.29, 1.82) is 5.26 Å². The molecule has 6 nitrogen and oxygen atoms in total. The molecule has 2 amide bonds. The lowest BCUT2D eigenvalue weighted by Crippen LogP contribution is -2.50. The van der Waals surface area contributed by atoms with E-state index in [0.717, 1.165) is 10.6 Å².